The standard InChI is InChI=1S/C10H20O3Si/c1-8(12)10(13,14(4,5)6)9(2,3)7-11/h7,13H,1-6H3/t10-/m0/s1. The number of ketones is 1. The molecule has 0 bridgehead atoms. The minimum Gasteiger partial charge on any atom is -0.385 e. The maximum atomic E-state index is 11.5. The van der Waals surface area contributed by atoms with E-state index in [-0.39, 0.29) is 5.78 Å². The van der Waals surface area contributed by atoms with Gasteiger partial charge in [0.2, 0.25) is 0 Å². The summed E-state index contributed by atoms with van der Waals surface area (Å²) in [5, 5.41) is 8.95. The van der Waals surface area contributed by atoms with Crippen molar-refractivity contribution in [2.45, 2.75) is 45.6 Å². The van der Waals surface area contributed by atoms with E-state index in [0.717, 1.165) is 0 Å². The second kappa shape index (κ2) is 3.59. The molecule has 0 aliphatic carbocycles. The number of hydrogen-bond acceptors (Lipinski definition) is 3. The molecule has 0 aromatic carbocycles. The van der Waals surface area contributed by atoms with Gasteiger partial charge in [-0.25, -0.2) is 0 Å². The van der Waals surface area contributed by atoms with Crippen LogP contribution in [0, 0.1) is 5.41 Å². The van der Waals surface area contributed by atoms with Gasteiger partial charge in [-0.05, 0) is 6.92 Å². The van der Waals surface area contributed by atoms with Crippen LogP contribution in [-0.2, 0) is 9.59 Å². The molecular formula is C10H20O3Si. The summed E-state index contributed by atoms with van der Waals surface area (Å²) in [6, 6.07) is 0. The van der Waals surface area contributed by atoms with Crippen LogP contribution in [0.2, 0.25) is 19.6 Å². The second-order valence-corrected chi connectivity index (χ2v) is 10.6. The van der Waals surface area contributed by atoms with Crippen molar-refractivity contribution < 1.29 is 14.7 Å². The zero-order valence-electron chi connectivity index (χ0n) is 9.84. The van der Waals surface area contributed by atoms with Crippen molar-refractivity contribution in [1.29, 1.82) is 0 Å². The van der Waals surface area contributed by atoms with E-state index in [1.165, 1.54) is 6.92 Å². The van der Waals surface area contributed by atoms with Crippen LogP contribution in [0.1, 0.15) is 20.8 Å². The van der Waals surface area contributed by atoms with Crippen LogP contribution in [0.5, 0.6) is 0 Å². The maximum Gasteiger partial charge on any atom is 0.158 e. The highest BCUT2D eigenvalue weighted by Crippen LogP contribution is 2.37. The Labute approximate surface area is 86.5 Å². The molecule has 0 heterocycles. The highest BCUT2D eigenvalue weighted by Gasteiger charge is 2.56. The lowest BCUT2D eigenvalue weighted by Crippen LogP contribution is -2.66. The van der Waals surface area contributed by atoms with Crippen LogP contribution in [-0.4, -0.2) is 30.5 Å². The lowest BCUT2D eigenvalue weighted by molar-refractivity contribution is -0.142. The Kier molecular flexibility index (Phi) is 3.46. The van der Waals surface area contributed by atoms with Gasteiger partial charge in [0, 0.05) is 0 Å². The number of rotatable bonds is 4. The Hall–Kier alpha value is -0.483. The SMILES string of the molecule is CC(=O)[C@@](O)(C(C)(C)C=O)[Si](C)(C)C. The van der Waals surface area contributed by atoms with Crippen molar-refractivity contribution >= 4 is 20.1 Å². The van der Waals surface area contributed by atoms with Gasteiger partial charge in [-0.2, -0.15) is 0 Å². The van der Waals surface area contributed by atoms with Gasteiger partial charge in [0.1, 0.15) is 11.5 Å². The third-order valence-electron chi connectivity index (χ3n) is 2.82. The van der Waals surface area contributed by atoms with Gasteiger partial charge >= 0.3 is 0 Å². The van der Waals surface area contributed by atoms with Crippen LogP contribution in [0.25, 0.3) is 0 Å². The zero-order valence-corrected chi connectivity index (χ0v) is 10.8. The molecule has 3 nitrogen and oxygen atoms in total. The molecule has 0 saturated carbocycles. The molecule has 0 fully saturated rings. The summed E-state index contributed by atoms with van der Waals surface area (Å²) in [4.78, 5) is 22.5. The van der Waals surface area contributed by atoms with Crippen molar-refractivity contribution in [1.82, 2.24) is 0 Å². The predicted molar refractivity (Wildman–Crippen MR) is 58.8 cm³/mol. The molecule has 0 aromatic rings. The Morgan fingerprint density at radius 1 is 1.29 bits per heavy atom. The molecule has 0 aromatic heterocycles. The first-order valence-corrected chi connectivity index (χ1v) is 8.20. The fourth-order valence-electron chi connectivity index (χ4n) is 2.03. The Morgan fingerprint density at radius 3 is 1.71 bits per heavy atom. The first kappa shape index (κ1) is 13.5. The summed E-state index contributed by atoms with van der Waals surface area (Å²) in [7, 11) is -2.16. The maximum absolute atomic E-state index is 11.5. The molecular weight excluding hydrogens is 196 g/mol. The first-order chi connectivity index (χ1) is 6.00. The van der Waals surface area contributed by atoms with Gasteiger partial charge in [0.15, 0.2) is 5.78 Å². The minimum atomic E-state index is -2.16. The number of hydrogen-bond donors (Lipinski definition) is 1. The first-order valence-electron chi connectivity index (χ1n) is 4.70. The van der Waals surface area contributed by atoms with Crippen LogP contribution in [0.15, 0.2) is 0 Å². The van der Waals surface area contributed by atoms with Crippen molar-refractivity contribution in [3.8, 4) is 0 Å². The summed E-state index contributed by atoms with van der Waals surface area (Å²) in [5.74, 6) is -0.311. The van der Waals surface area contributed by atoms with E-state index in [1.807, 2.05) is 19.6 Å². The third kappa shape index (κ3) is 1.81. The molecule has 0 aliphatic rings. The van der Waals surface area contributed by atoms with Crippen LogP contribution < -0.4 is 0 Å². The van der Waals surface area contributed by atoms with E-state index < -0.39 is 18.7 Å². The van der Waals surface area contributed by atoms with Crippen molar-refractivity contribution in [3.63, 3.8) is 0 Å². The summed E-state index contributed by atoms with van der Waals surface area (Å²) in [5.41, 5.74) is -1.01. The van der Waals surface area contributed by atoms with Gasteiger partial charge in [-0.15, -0.1) is 0 Å². The lowest BCUT2D eigenvalue weighted by atomic mass is 9.85. The summed E-state index contributed by atoms with van der Waals surface area (Å²) in [6.07, 6.45) is 0.673. The minimum absolute atomic E-state index is 0.311. The number of carbonyl (C=O) groups is 2. The topological polar surface area (TPSA) is 54.4 Å². The van der Waals surface area contributed by atoms with Gasteiger partial charge in [0.05, 0.1) is 13.5 Å². The van der Waals surface area contributed by atoms with Gasteiger partial charge in [-0.3, -0.25) is 4.79 Å². The van der Waals surface area contributed by atoms with E-state index in [0.29, 0.717) is 6.29 Å². The third-order valence-corrected chi connectivity index (χ3v) is 5.99. The van der Waals surface area contributed by atoms with Gasteiger partial charge in [-0.1, -0.05) is 33.5 Å². The van der Waals surface area contributed by atoms with Crippen molar-refractivity contribution in [3.05, 3.63) is 0 Å². The number of aldehydes is 1. The monoisotopic (exact) mass is 216 g/mol. The van der Waals surface area contributed by atoms with Crippen LogP contribution >= 0.6 is 0 Å². The van der Waals surface area contributed by atoms with E-state index in [2.05, 4.69) is 0 Å². The van der Waals surface area contributed by atoms with Crippen molar-refractivity contribution in [2.75, 3.05) is 0 Å². The fraction of sp³-hybridized carbons (Fsp3) is 0.800. The number of Topliss-reactive ketones (excluding diaryl/α,β-unsaturated/α-hetero) is 1. The van der Waals surface area contributed by atoms with E-state index in [4.69, 9.17) is 0 Å². The Morgan fingerprint density at radius 2 is 1.64 bits per heavy atom. The normalized spacial score (nSPS) is 17.4. The summed E-state index contributed by atoms with van der Waals surface area (Å²) in [6.45, 7) is 10.2. The van der Waals surface area contributed by atoms with E-state index in [1.54, 1.807) is 13.8 Å². The molecule has 4 heteroatoms. The summed E-state index contributed by atoms with van der Waals surface area (Å²) >= 11 is 0. The largest absolute Gasteiger partial charge is 0.385 e. The molecule has 1 N–H and O–H groups in total. The Balaban J connectivity index is 5.56. The summed E-state index contributed by atoms with van der Waals surface area (Å²) < 4.78 is 0. The quantitative estimate of drug-likeness (QED) is 0.571. The van der Waals surface area contributed by atoms with Gasteiger partial charge in [0.25, 0.3) is 0 Å². The molecule has 0 rings (SSSR count). The average Bonchev–Trinajstić information content (AvgIpc) is 2.00. The molecule has 0 radical (unpaired) electrons. The molecule has 14 heavy (non-hydrogen) atoms. The lowest BCUT2D eigenvalue weighted by Gasteiger charge is -2.45. The molecule has 0 amide bonds. The zero-order chi connectivity index (χ0) is 11.8. The highest BCUT2D eigenvalue weighted by atomic mass is 28.3. The fourth-order valence-corrected chi connectivity index (χ4v) is 5.08. The van der Waals surface area contributed by atoms with Crippen LogP contribution in [0.3, 0.4) is 0 Å². The number of aliphatic hydroxyl groups is 1. The van der Waals surface area contributed by atoms with E-state index in [9.17, 15) is 14.7 Å². The molecule has 1 atom stereocenters. The molecule has 0 aliphatic heterocycles. The molecule has 0 spiro atoms. The molecule has 0 unspecified atom stereocenters. The van der Waals surface area contributed by atoms with Crippen molar-refractivity contribution in [2.24, 2.45) is 5.41 Å². The smallest absolute Gasteiger partial charge is 0.158 e. The average molecular weight is 216 g/mol. The number of carbonyl (C=O) groups excluding carboxylic acids is 2. The molecule has 82 valence electrons. The second-order valence-electron chi connectivity index (χ2n) is 5.36. The highest BCUT2D eigenvalue weighted by molar-refractivity contribution is 6.82. The van der Waals surface area contributed by atoms with Gasteiger partial charge < -0.3 is 9.90 Å². The molecule has 0 saturated heterocycles. The Bertz CT molecular complexity index is 253. The predicted octanol–water partition coefficient (Wildman–Crippen LogP) is 1.41. The van der Waals surface area contributed by atoms with E-state index >= 15 is 0 Å². The van der Waals surface area contributed by atoms with Crippen LogP contribution in [0.4, 0.5) is 0 Å².